The van der Waals surface area contributed by atoms with Crippen LogP contribution < -0.4 is 5.32 Å². The van der Waals surface area contributed by atoms with Crippen LogP contribution in [0, 0.1) is 13.8 Å². The molecule has 148 valence electrons. The number of benzene rings is 2. The van der Waals surface area contributed by atoms with Crippen LogP contribution >= 0.6 is 11.6 Å². The number of halogens is 1. The largest absolute Gasteiger partial charge is 0.453 e. The molecule has 0 unspecified atom stereocenters. The summed E-state index contributed by atoms with van der Waals surface area (Å²) in [6.45, 7) is 3.46. The number of carbonyl (C=O) groups is 3. The number of rotatable bonds is 6. The molecule has 2 aromatic carbocycles. The van der Waals surface area contributed by atoms with E-state index in [1.165, 1.54) is 18.2 Å². The summed E-state index contributed by atoms with van der Waals surface area (Å²) in [4.78, 5) is 35.2. The van der Waals surface area contributed by atoms with Gasteiger partial charge in [-0.3, -0.25) is 9.59 Å². The second kappa shape index (κ2) is 8.75. The van der Waals surface area contributed by atoms with Crippen molar-refractivity contribution in [1.29, 1.82) is 0 Å². The van der Waals surface area contributed by atoms with Crippen molar-refractivity contribution in [2.45, 2.75) is 13.8 Å². The van der Waals surface area contributed by atoms with E-state index in [9.17, 15) is 14.4 Å². The van der Waals surface area contributed by atoms with E-state index >= 15 is 0 Å². The van der Waals surface area contributed by atoms with E-state index in [-0.39, 0.29) is 16.3 Å². The number of aldehydes is 1. The second-order valence-electron chi connectivity index (χ2n) is 6.44. The second-order valence-corrected chi connectivity index (χ2v) is 6.85. The van der Waals surface area contributed by atoms with Gasteiger partial charge in [-0.1, -0.05) is 17.7 Å². The van der Waals surface area contributed by atoms with Gasteiger partial charge in [0.15, 0.2) is 18.7 Å². The number of hydrogen-bond donors (Lipinski definition) is 1. The lowest BCUT2D eigenvalue weighted by atomic mass is 10.1. The fraction of sp³-hybridized carbons (Fsp3) is 0.136. The van der Waals surface area contributed by atoms with Gasteiger partial charge in [0.25, 0.3) is 5.91 Å². The third kappa shape index (κ3) is 4.92. The normalized spacial score (nSPS) is 10.4. The van der Waals surface area contributed by atoms with Crippen molar-refractivity contribution in [2.75, 3.05) is 11.9 Å². The number of nitrogens with one attached hydrogen (secondary N) is 1. The molecule has 0 aliphatic carbocycles. The van der Waals surface area contributed by atoms with Crippen LogP contribution in [0.2, 0.25) is 5.02 Å². The number of hydrogen-bond acceptors (Lipinski definition) is 5. The Balaban J connectivity index is 1.66. The number of furan rings is 1. The molecule has 0 fully saturated rings. The van der Waals surface area contributed by atoms with E-state index in [2.05, 4.69) is 5.32 Å². The number of aryl methyl sites for hydroxylation is 2. The predicted octanol–water partition coefficient (Wildman–Crippen LogP) is 4.82. The molecule has 3 aromatic rings. The molecule has 0 radical (unpaired) electrons. The van der Waals surface area contributed by atoms with Crippen LogP contribution in [-0.4, -0.2) is 24.8 Å². The van der Waals surface area contributed by atoms with Crippen LogP contribution in [0.4, 0.5) is 5.69 Å². The van der Waals surface area contributed by atoms with Crippen LogP contribution in [0.25, 0.3) is 11.3 Å². The molecule has 0 spiro atoms. The predicted molar refractivity (Wildman–Crippen MR) is 109 cm³/mol. The molecule has 1 aromatic heterocycles. The minimum Gasteiger partial charge on any atom is -0.453 e. The zero-order valence-electron chi connectivity index (χ0n) is 15.8. The van der Waals surface area contributed by atoms with Gasteiger partial charge in [-0.25, -0.2) is 4.79 Å². The van der Waals surface area contributed by atoms with Gasteiger partial charge >= 0.3 is 5.97 Å². The van der Waals surface area contributed by atoms with Crippen molar-refractivity contribution in [1.82, 2.24) is 0 Å². The maximum absolute atomic E-state index is 12.4. The van der Waals surface area contributed by atoms with Crippen molar-refractivity contribution in [3.05, 3.63) is 76.0 Å². The van der Waals surface area contributed by atoms with Gasteiger partial charge in [-0.2, -0.15) is 0 Å². The number of esters is 1. The first kappa shape index (κ1) is 20.4. The molecule has 0 aliphatic rings. The Morgan fingerprint density at radius 1 is 1.07 bits per heavy atom. The van der Waals surface area contributed by atoms with Crippen molar-refractivity contribution in [2.24, 2.45) is 0 Å². The van der Waals surface area contributed by atoms with Crippen molar-refractivity contribution >= 4 is 35.5 Å². The lowest BCUT2D eigenvalue weighted by Crippen LogP contribution is -2.21. The molecule has 29 heavy (non-hydrogen) atoms. The van der Waals surface area contributed by atoms with Gasteiger partial charge in [0.1, 0.15) is 5.76 Å². The molecule has 0 bridgehead atoms. The zero-order valence-corrected chi connectivity index (χ0v) is 16.6. The monoisotopic (exact) mass is 411 g/mol. The van der Waals surface area contributed by atoms with E-state index in [4.69, 9.17) is 20.8 Å². The highest BCUT2D eigenvalue weighted by atomic mass is 35.5. The highest BCUT2D eigenvalue weighted by molar-refractivity contribution is 6.33. The van der Waals surface area contributed by atoms with Crippen LogP contribution in [0.15, 0.2) is 52.9 Å². The highest BCUT2D eigenvalue weighted by Crippen LogP contribution is 2.27. The minimum atomic E-state index is -0.741. The molecular formula is C22H18ClNO5. The number of ether oxygens (including phenoxy) is 1. The third-order valence-corrected chi connectivity index (χ3v) is 4.67. The van der Waals surface area contributed by atoms with Gasteiger partial charge in [0.2, 0.25) is 0 Å². The average Bonchev–Trinajstić information content (AvgIpc) is 3.18. The number of anilines is 1. The maximum Gasteiger partial charge on any atom is 0.340 e. The molecule has 3 rings (SSSR count). The van der Waals surface area contributed by atoms with E-state index in [1.807, 2.05) is 26.0 Å². The summed E-state index contributed by atoms with van der Waals surface area (Å²) >= 11 is 6.10. The molecule has 1 amide bonds. The summed E-state index contributed by atoms with van der Waals surface area (Å²) in [5.41, 5.74) is 3.42. The minimum absolute atomic E-state index is 0.0900. The first-order chi connectivity index (χ1) is 13.9. The van der Waals surface area contributed by atoms with Gasteiger partial charge < -0.3 is 14.5 Å². The Labute approximate surface area is 172 Å². The smallest absolute Gasteiger partial charge is 0.340 e. The third-order valence-electron chi connectivity index (χ3n) is 4.34. The van der Waals surface area contributed by atoms with Crippen LogP contribution in [0.5, 0.6) is 0 Å². The van der Waals surface area contributed by atoms with Crippen LogP contribution in [0.3, 0.4) is 0 Å². The Bertz CT molecular complexity index is 1090. The van der Waals surface area contributed by atoms with Gasteiger partial charge in [-0.15, -0.1) is 0 Å². The molecule has 0 aliphatic heterocycles. The Kier molecular flexibility index (Phi) is 6.14. The standard InChI is InChI=1S/C22H18ClNO5/c1-13-3-5-16(9-14(13)2)24-21(26)12-28-22(27)18-10-15(4-7-19(18)23)20-8-6-17(11-25)29-20/h3-11H,12H2,1-2H3,(H,24,26). The molecule has 0 atom stereocenters. The van der Waals surface area contributed by atoms with E-state index in [1.54, 1.807) is 18.2 Å². The molecule has 1 N–H and O–H groups in total. The highest BCUT2D eigenvalue weighted by Gasteiger charge is 2.16. The first-order valence-corrected chi connectivity index (χ1v) is 9.14. The van der Waals surface area contributed by atoms with Crippen LogP contribution in [-0.2, 0) is 9.53 Å². The first-order valence-electron chi connectivity index (χ1n) is 8.76. The van der Waals surface area contributed by atoms with Crippen molar-refractivity contribution in [3.8, 4) is 11.3 Å². The zero-order chi connectivity index (χ0) is 21.0. The van der Waals surface area contributed by atoms with Gasteiger partial charge in [0, 0.05) is 11.3 Å². The summed E-state index contributed by atoms with van der Waals surface area (Å²) in [5.74, 6) is -0.628. The summed E-state index contributed by atoms with van der Waals surface area (Å²) in [5, 5.41) is 2.86. The molecular weight excluding hydrogens is 394 g/mol. The summed E-state index contributed by atoms with van der Waals surface area (Å²) < 4.78 is 10.4. The van der Waals surface area contributed by atoms with E-state index in [0.717, 1.165) is 11.1 Å². The lowest BCUT2D eigenvalue weighted by molar-refractivity contribution is -0.119. The Hall–Kier alpha value is -3.38. The molecule has 0 saturated heterocycles. The average molecular weight is 412 g/mol. The van der Waals surface area contributed by atoms with Crippen LogP contribution in [0.1, 0.15) is 32.0 Å². The number of amides is 1. The molecule has 7 heteroatoms. The molecule has 0 saturated carbocycles. The van der Waals surface area contributed by atoms with E-state index in [0.29, 0.717) is 23.3 Å². The van der Waals surface area contributed by atoms with Gasteiger partial charge in [-0.05, 0) is 67.4 Å². The molecule has 6 nitrogen and oxygen atoms in total. The SMILES string of the molecule is Cc1ccc(NC(=O)COC(=O)c2cc(-c3ccc(C=O)o3)ccc2Cl)cc1C. The lowest BCUT2D eigenvalue weighted by Gasteiger charge is -2.09. The number of carbonyl (C=O) groups excluding carboxylic acids is 3. The van der Waals surface area contributed by atoms with Crippen molar-refractivity contribution < 1.29 is 23.5 Å². The summed E-state index contributed by atoms with van der Waals surface area (Å²) in [7, 11) is 0. The maximum atomic E-state index is 12.4. The van der Waals surface area contributed by atoms with Gasteiger partial charge in [0.05, 0.1) is 10.6 Å². The fourth-order valence-corrected chi connectivity index (χ4v) is 2.83. The Morgan fingerprint density at radius 2 is 1.86 bits per heavy atom. The summed E-state index contributed by atoms with van der Waals surface area (Å²) in [6.07, 6.45) is 0.586. The topological polar surface area (TPSA) is 85.6 Å². The molecule has 1 heterocycles. The fourth-order valence-electron chi connectivity index (χ4n) is 2.63. The quantitative estimate of drug-likeness (QED) is 0.464. The summed E-state index contributed by atoms with van der Waals surface area (Å²) in [6, 6.07) is 13.3. The van der Waals surface area contributed by atoms with E-state index < -0.39 is 18.5 Å². The van der Waals surface area contributed by atoms with Crippen molar-refractivity contribution in [3.63, 3.8) is 0 Å². The Morgan fingerprint density at radius 3 is 2.55 bits per heavy atom.